The molecule has 104 valence electrons. The van der Waals surface area contributed by atoms with Gasteiger partial charge in [0.05, 0.1) is 6.61 Å². The standard InChI is InChI=1S/C12H15ClN2O4/c1-3-18-12(17)15-14-11(16)7-19-9-4-5-10(13)8(2)6-9/h4-6H,3,7H2,1-2H3,(H,14,16)(H,15,17). The summed E-state index contributed by atoms with van der Waals surface area (Å²) in [5, 5.41) is 0.626. The Morgan fingerprint density at radius 3 is 2.68 bits per heavy atom. The van der Waals surface area contributed by atoms with Gasteiger partial charge in [0.25, 0.3) is 5.91 Å². The monoisotopic (exact) mass is 286 g/mol. The highest BCUT2D eigenvalue weighted by Crippen LogP contribution is 2.20. The van der Waals surface area contributed by atoms with Gasteiger partial charge in [-0.1, -0.05) is 11.6 Å². The van der Waals surface area contributed by atoms with Crippen LogP contribution in [0.2, 0.25) is 5.02 Å². The topological polar surface area (TPSA) is 76.7 Å². The zero-order valence-corrected chi connectivity index (χ0v) is 11.4. The Bertz CT molecular complexity index is 465. The first-order valence-corrected chi connectivity index (χ1v) is 6.01. The van der Waals surface area contributed by atoms with E-state index in [0.29, 0.717) is 10.8 Å². The molecule has 0 aromatic heterocycles. The van der Waals surface area contributed by atoms with E-state index in [-0.39, 0.29) is 13.2 Å². The largest absolute Gasteiger partial charge is 0.484 e. The molecule has 0 spiro atoms. The molecule has 0 radical (unpaired) electrons. The van der Waals surface area contributed by atoms with Gasteiger partial charge in [-0.2, -0.15) is 0 Å². The maximum atomic E-state index is 11.3. The number of ether oxygens (including phenoxy) is 2. The third-order valence-electron chi connectivity index (χ3n) is 2.08. The van der Waals surface area contributed by atoms with E-state index in [1.165, 1.54) is 0 Å². The summed E-state index contributed by atoms with van der Waals surface area (Å²) in [5.74, 6) is 0.0221. The second-order valence-corrected chi connectivity index (χ2v) is 4.00. The lowest BCUT2D eigenvalue weighted by Crippen LogP contribution is -2.44. The third-order valence-corrected chi connectivity index (χ3v) is 2.50. The molecular formula is C12H15ClN2O4. The van der Waals surface area contributed by atoms with Gasteiger partial charge in [0.2, 0.25) is 0 Å². The van der Waals surface area contributed by atoms with Crippen LogP contribution in [-0.4, -0.2) is 25.2 Å². The van der Waals surface area contributed by atoms with Gasteiger partial charge in [0.15, 0.2) is 6.61 Å². The van der Waals surface area contributed by atoms with E-state index in [1.54, 1.807) is 25.1 Å². The fourth-order valence-corrected chi connectivity index (χ4v) is 1.30. The molecule has 7 heteroatoms. The number of benzene rings is 1. The molecule has 0 aliphatic rings. The van der Waals surface area contributed by atoms with Crippen LogP contribution < -0.4 is 15.6 Å². The van der Waals surface area contributed by atoms with Crippen molar-refractivity contribution in [2.45, 2.75) is 13.8 Å². The minimum absolute atomic E-state index is 0.224. The van der Waals surface area contributed by atoms with Crippen LogP contribution in [0.25, 0.3) is 0 Å². The Kier molecular flexibility index (Phi) is 5.95. The summed E-state index contributed by atoms with van der Waals surface area (Å²) in [5.41, 5.74) is 5.08. The molecule has 0 aliphatic heterocycles. The fraction of sp³-hybridized carbons (Fsp3) is 0.333. The van der Waals surface area contributed by atoms with Crippen molar-refractivity contribution in [1.29, 1.82) is 0 Å². The summed E-state index contributed by atoms with van der Waals surface area (Å²) in [6.45, 7) is 3.49. The number of carbonyl (C=O) groups is 2. The maximum Gasteiger partial charge on any atom is 0.426 e. The summed E-state index contributed by atoms with van der Waals surface area (Å²) in [4.78, 5) is 22.2. The van der Waals surface area contributed by atoms with Crippen LogP contribution in [0.4, 0.5) is 4.79 Å². The van der Waals surface area contributed by atoms with Gasteiger partial charge in [-0.15, -0.1) is 0 Å². The molecule has 0 saturated carbocycles. The van der Waals surface area contributed by atoms with E-state index in [9.17, 15) is 9.59 Å². The fourth-order valence-electron chi connectivity index (χ4n) is 1.18. The Morgan fingerprint density at radius 1 is 1.32 bits per heavy atom. The Balaban J connectivity index is 2.33. The first-order chi connectivity index (χ1) is 9.02. The average Bonchev–Trinajstić information content (AvgIpc) is 2.38. The van der Waals surface area contributed by atoms with Crippen molar-refractivity contribution in [3.63, 3.8) is 0 Å². The number of hydrogen-bond acceptors (Lipinski definition) is 4. The molecule has 0 aliphatic carbocycles. The molecule has 0 fully saturated rings. The first kappa shape index (κ1) is 15.1. The minimum Gasteiger partial charge on any atom is -0.484 e. The number of amides is 2. The van der Waals surface area contributed by atoms with Crippen LogP contribution >= 0.6 is 11.6 Å². The second kappa shape index (κ2) is 7.48. The molecule has 19 heavy (non-hydrogen) atoms. The second-order valence-electron chi connectivity index (χ2n) is 3.59. The summed E-state index contributed by atoms with van der Waals surface area (Å²) in [7, 11) is 0. The molecule has 0 unspecified atom stereocenters. The Morgan fingerprint density at radius 2 is 2.05 bits per heavy atom. The molecule has 1 aromatic rings. The Labute approximate surface area is 116 Å². The molecular weight excluding hydrogens is 272 g/mol. The van der Waals surface area contributed by atoms with E-state index in [2.05, 4.69) is 15.6 Å². The SMILES string of the molecule is CCOC(=O)NNC(=O)COc1ccc(Cl)c(C)c1. The van der Waals surface area contributed by atoms with E-state index in [4.69, 9.17) is 16.3 Å². The van der Waals surface area contributed by atoms with Crippen LogP contribution in [-0.2, 0) is 9.53 Å². The normalized spacial score (nSPS) is 9.63. The molecule has 0 heterocycles. The maximum absolute atomic E-state index is 11.3. The molecule has 0 atom stereocenters. The van der Waals surface area contributed by atoms with Crippen molar-refractivity contribution in [3.05, 3.63) is 28.8 Å². The van der Waals surface area contributed by atoms with Crippen molar-refractivity contribution in [2.75, 3.05) is 13.2 Å². The van der Waals surface area contributed by atoms with Crippen LogP contribution in [0.15, 0.2) is 18.2 Å². The van der Waals surface area contributed by atoms with Gasteiger partial charge in [0.1, 0.15) is 5.75 Å². The number of carbonyl (C=O) groups excluding carboxylic acids is 2. The molecule has 1 aromatic carbocycles. The van der Waals surface area contributed by atoms with E-state index >= 15 is 0 Å². The molecule has 2 amide bonds. The number of hydrazine groups is 1. The highest BCUT2D eigenvalue weighted by molar-refractivity contribution is 6.31. The lowest BCUT2D eigenvalue weighted by molar-refractivity contribution is -0.123. The van der Waals surface area contributed by atoms with E-state index in [0.717, 1.165) is 5.56 Å². The lowest BCUT2D eigenvalue weighted by atomic mass is 10.2. The first-order valence-electron chi connectivity index (χ1n) is 5.63. The number of nitrogens with one attached hydrogen (secondary N) is 2. The van der Waals surface area contributed by atoms with Crippen molar-refractivity contribution in [3.8, 4) is 5.75 Å². The summed E-state index contributed by atoms with van der Waals surface area (Å²) >= 11 is 5.86. The number of rotatable bonds is 4. The van der Waals surface area contributed by atoms with Crippen molar-refractivity contribution < 1.29 is 19.1 Å². The van der Waals surface area contributed by atoms with Gasteiger partial charge in [-0.3, -0.25) is 10.2 Å². The zero-order chi connectivity index (χ0) is 14.3. The quantitative estimate of drug-likeness (QED) is 0.828. The van der Waals surface area contributed by atoms with Crippen LogP contribution in [0.5, 0.6) is 5.75 Å². The molecule has 0 saturated heterocycles. The number of halogens is 1. The Hall–Kier alpha value is -1.95. The number of aryl methyl sites for hydroxylation is 1. The van der Waals surface area contributed by atoms with Crippen LogP contribution in [0.1, 0.15) is 12.5 Å². The number of hydrogen-bond donors (Lipinski definition) is 2. The third kappa shape index (κ3) is 5.48. The lowest BCUT2D eigenvalue weighted by Gasteiger charge is -2.09. The zero-order valence-electron chi connectivity index (χ0n) is 10.7. The molecule has 2 N–H and O–H groups in total. The van der Waals surface area contributed by atoms with Crippen molar-refractivity contribution >= 4 is 23.6 Å². The van der Waals surface area contributed by atoms with Crippen LogP contribution in [0, 0.1) is 6.92 Å². The van der Waals surface area contributed by atoms with Gasteiger partial charge in [-0.05, 0) is 37.6 Å². The predicted octanol–water partition coefficient (Wildman–Crippen LogP) is 1.80. The van der Waals surface area contributed by atoms with Crippen molar-refractivity contribution in [2.24, 2.45) is 0 Å². The van der Waals surface area contributed by atoms with Crippen molar-refractivity contribution in [1.82, 2.24) is 10.9 Å². The molecule has 6 nitrogen and oxygen atoms in total. The summed E-state index contributed by atoms with van der Waals surface area (Å²) < 4.78 is 9.80. The summed E-state index contributed by atoms with van der Waals surface area (Å²) in [6, 6.07) is 5.05. The molecule has 1 rings (SSSR count). The smallest absolute Gasteiger partial charge is 0.426 e. The van der Waals surface area contributed by atoms with Gasteiger partial charge in [0, 0.05) is 5.02 Å². The summed E-state index contributed by atoms with van der Waals surface area (Å²) in [6.07, 6.45) is -0.724. The highest BCUT2D eigenvalue weighted by Gasteiger charge is 2.06. The minimum atomic E-state index is -0.724. The van der Waals surface area contributed by atoms with Crippen LogP contribution in [0.3, 0.4) is 0 Å². The van der Waals surface area contributed by atoms with Gasteiger partial charge < -0.3 is 9.47 Å². The average molecular weight is 287 g/mol. The van der Waals surface area contributed by atoms with E-state index in [1.807, 2.05) is 6.92 Å². The predicted molar refractivity (Wildman–Crippen MR) is 70.0 cm³/mol. The van der Waals surface area contributed by atoms with Gasteiger partial charge in [-0.25, -0.2) is 10.2 Å². The van der Waals surface area contributed by atoms with Gasteiger partial charge >= 0.3 is 6.09 Å². The molecule has 0 bridgehead atoms. The highest BCUT2D eigenvalue weighted by atomic mass is 35.5. The van der Waals surface area contributed by atoms with E-state index < -0.39 is 12.0 Å².